The first kappa shape index (κ1) is 26.0. The van der Waals surface area contributed by atoms with Crippen molar-refractivity contribution in [2.24, 2.45) is 4.99 Å². The maximum atomic E-state index is 10.5. The molecule has 0 bridgehead atoms. The summed E-state index contributed by atoms with van der Waals surface area (Å²) in [6.45, 7) is 7.69. The van der Waals surface area contributed by atoms with Gasteiger partial charge in [-0.3, -0.25) is 0 Å². The van der Waals surface area contributed by atoms with Crippen molar-refractivity contribution in [2.75, 3.05) is 32.1 Å². The van der Waals surface area contributed by atoms with Crippen molar-refractivity contribution in [3.63, 3.8) is 0 Å². The van der Waals surface area contributed by atoms with Gasteiger partial charge in [-0.05, 0) is 56.2 Å². The Hall–Kier alpha value is -2.00. The Morgan fingerprint density at radius 1 is 1.10 bits per heavy atom. The van der Waals surface area contributed by atoms with Crippen molar-refractivity contribution < 1.29 is 9.84 Å². The molecule has 3 N–H and O–H groups in total. The number of rotatable bonds is 9. The van der Waals surface area contributed by atoms with E-state index in [1.165, 1.54) is 0 Å². The third kappa shape index (κ3) is 8.79. The Bertz CT molecular complexity index is 779. The van der Waals surface area contributed by atoms with Gasteiger partial charge in [-0.25, -0.2) is 4.99 Å². The first-order valence-electron chi connectivity index (χ1n) is 10.1. The molecular formula is C23H35IN4O2. The van der Waals surface area contributed by atoms with Crippen LogP contribution in [0.1, 0.15) is 38.0 Å². The molecule has 1 atom stereocenters. The Morgan fingerprint density at radius 3 is 2.40 bits per heavy atom. The van der Waals surface area contributed by atoms with Crippen LogP contribution in [0.15, 0.2) is 53.5 Å². The molecule has 0 radical (unpaired) electrons. The minimum absolute atomic E-state index is 0. The fourth-order valence-electron chi connectivity index (χ4n) is 2.80. The van der Waals surface area contributed by atoms with Crippen LogP contribution >= 0.6 is 24.0 Å². The second-order valence-electron chi connectivity index (χ2n) is 7.39. The zero-order valence-corrected chi connectivity index (χ0v) is 20.9. The fourth-order valence-corrected chi connectivity index (χ4v) is 2.80. The molecular weight excluding hydrogens is 491 g/mol. The standard InChI is InChI=1S/C23H34N4O2.HI/c1-6-24-23(25-15-18-8-7-9-20(14-18)27(4)5)26-16-22(28)19-10-12-21(13-11-19)29-17(2)3;/h7-14,17,22,28H,6,15-16H2,1-5H3,(H2,24,25,26);1H. The Morgan fingerprint density at radius 2 is 1.80 bits per heavy atom. The SMILES string of the molecule is CCNC(=NCc1cccc(N(C)C)c1)NCC(O)c1ccc(OC(C)C)cc1.I. The lowest BCUT2D eigenvalue weighted by Gasteiger charge is -2.17. The van der Waals surface area contributed by atoms with E-state index in [4.69, 9.17) is 4.74 Å². The molecule has 7 heteroatoms. The normalized spacial score (nSPS) is 12.2. The number of benzene rings is 2. The predicted octanol–water partition coefficient (Wildman–Crippen LogP) is 3.95. The summed E-state index contributed by atoms with van der Waals surface area (Å²) in [6, 6.07) is 15.9. The summed E-state index contributed by atoms with van der Waals surface area (Å²) in [5.74, 6) is 1.49. The second-order valence-corrected chi connectivity index (χ2v) is 7.39. The van der Waals surface area contributed by atoms with Crippen LogP contribution in [-0.2, 0) is 6.54 Å². The summed E-state index contributed by atoms with van der Waals surface area (Å²) in [5.41, 5.74) is 3.12. The number of aliphatic hydroxyl groups excluding tert-OH is 1. The topological polar surface area (TPSA) is 69.1 Å². The maximum absolute atomic E-state index is 10.5. The highest BCUT2D eigenvalue weighted by Crippen LogP contribution is 2.18. The number of nitrogens with zero attached hydrogens (tertiary/aromatic N) is 2. The largest absolute Gasteiger partial charge is 0.491 e. The van der Waals surface area contributed by atoms with E-state index in [0.717, 1.165) is 29.1 Å². The number of anilines is 1. The molecule has 0 aliphatic heterocycles. The fraction of sp³-hybridized carbons (Fsp3) is 0.435. The number of aliphatic hydroxyl groups is 1. The van der Waals surface area contributed by atoms with Crippen LogP contribution in [0.5, 0.6) is 5.75 Å². The lowest BCUT2D eigenvalue weighted by atomic mass is 10.1. The summed E-state index contributed by atoms with van der Waals surface area (Å²) in [6.07, 6.45) is -0.506. The molecule has 0 spiro atoms. The van der Waals surface area contributed by atoms with E-state index in [9.17, 15) is 5.11 Å². The van der Waals surface area contributed by atoms with Crippen molar-refractivity contribution in [2.45, 2.75) is 39.5 Å². The quantitative estimate of drug-likeness (QED) is 0.263. The van der Waals surface area contributed by atoms with Crippen LogP contribution in [0.25, 0.3) is 0 Å². The third-order valence-corrected chi connectivity index (χ3v) is 4.29. The third-order valence-electron chi connectivity index (χ3n) is 4.29. The van der Waals surface area contributed by atoms with Crippen LogP contribution < -0.4 is 20.3 Å². The maximum Gasteiger partial charge on any atom is 0.191 e. The number of hydrogen-bond donors (Lipinski definition) is 3. The average Bonchev–Trinajstić information content (AvgIpc) is 2.70. The summed E-state index contributed by atoms with van der Waals surface area (Å²) in [5, 5.41) is 16.9. The van der Waals surface area contributed by atoms with E-state index in [2.05, 4.69) is 38.7 Å². The van der Waals surface area contributed by atoms with Crippen molar-refractivity contribution in [1.82, 2.24) is 10.6 Å². The van der Waals surface area contributed by atoms with Gasteiger partial charge >= 0.3 is 0 Å². The second kappa shape index (κ2) is 13.3. The Labute approximate surface area is 197 Å². The molecule has 0 heterocycles. The van der Waals surface area contributed by atoms with Gasteiger partial charge in [-0.1, -0.05) is 24.3 Å². The van der Waals surface area contributed by atoms with Crippen molar-refractivity contribution >= 4 is 35.6 Å². The van der Waals surface area contributed by atoms with Crippen LogP contribution in [0.2, 0.25) is 0 Å². The molecule has 0 saturated carbocycles. The van der Waals surface area contributed by atoms with E-state index in [1.54, 1.807) is 0 Å². The van der Waals surface area contributed by atoms with Gasteiger partial charge in [-0.2, -0.15) is 0 Å². The Kier molecular flexibility index (Phi) is 11.6. The molecule has 0 saturated heterocycles. The summed E-state index contributed by atoms with van der Waals surface area (Å²) >= 11 is 0. The highest BCUT2D eigenvalue weighted by atomic mass is 127. The summed E-state index contributed by atoms with van der Waals surface area (Å²) in [4.78, 5) is 6.72. The summed E-state index contributed by atoms with van der Waals surface area (Å²) < 4.78 is 5.65. The van der Waals surface area contributed by atoms with E-state index in [0.29, 0.717) is 19.0 Å². The molecule has 2 aromatic rings. The van der Waals surface area contributed by atoms with E-state index in [1.807, 2.05) is 65.2 Å². The number of ether oxygens (including phenoxy) is 1. The number of guanidine groups is 1. The van der Waals surface area contributed by atoms with Gasteiger partial charge in [0.05, 0.1) is 18.8 Å². The smallest absolute Gasteiger partial charge is 0.191 e. The van der Waals surface area contributed by atoms with Gasteiger partial charge in [0.15, 0.2) is 5.96 Å². The van der Waals surface area contributed by atoms with Crippen molar-refractivity contribution in [1.29, 1.82) is 0 Å². The zero-order chi connectivity index (χ0) is 21.2. The molecule has 6 nitrogen and oxygen atoms in total. The van der Waals surface area contributed by atoms with Crippen molar-refractivity contribution in [3.8, 4) is 5.75 Å². The van der Waals surface area contributed by atoms with E-state index in [-0.39, 0.29) is 30.1 Å². The van der Waals surface area contributed by atoms with Gasteiger partial charge in [-0.15, -0.1) is 24.0 Å². The lowest BCUT2D eigenvalue weighted by Crippen LogP contribution is -2.39. The highest BCUT2D eigenvalue weighted by Gasteiger charge is 2.09. The number of aliphatic imine (C=N–C) groups is 1. The first-order chi connectivity index (χ1) is 13.9. The molecule has 0 aliphatic rings. The molecule has 0 aliphatic carbocycles. The lowest BCUT2D eigenvalue weighted by molar-refractivity contribution is 0.180. The molecule has 0 fully saturated rings. The van der Waals surface area contributed by atoms with Gasteiger partial charge in [0, 0.05) is 32.9 Å². The summed E-state index contributed by atoms with van der Waals surface area (Å²) in [7, 11) is 4.05. The van der Waals surface area contributed by atoms with Crippen LogP contribution in [0.3, 0.4) is 0 Å². The molecule has 0 aromatic heterocycles. The Balaban J connectivity index is 0.00000450. The zero-order valence-electron chi connectivity index (χ0n) is 18.6. The van der Waals surface area contributed by atoms with E-state index >= 15 is 0 Å². The van der Waals surface area contributed by atoms with Crippen LogP contribution in [-0.4, -0.2) is 44.4 Å². The van der Waals surface area contributed by atoms with Gasteiger partial charge in [0.2, 0.25) is 0 Å². The van der Waals surface area contributed by atoms with Gasteiger partial charge in [0.25, 0.3) is 0 Å². The first-order valence-corrected chi connectivity index (χ1v) is 10.1. The molecule has 30 heavy (non-hydrogen) atoms. The van der Waals surface area contributed by atoms with E-state index < -0.39 is 6.10 Å². The highest BCUT2D eigenvalue weighted by molar-refractivity contribution is 14.0. The van der Waals surface area contributed by atoms with Gasteiger partial charge in [0.1, 0.15) is 5.75 Å². The minimum Gasteiger partial charge on any atom is -0.491 e. The van der Waals surface area contributed by atoms with Crippen LogP contribution in [0, 0.1) is 0 Å². The monoisotopic (exact) mass is 526 g/mol. The average molecular weight is 526 g/mol. The minimum atomic E-state index is -0.635. The molecule has 0 amide bonds. The number of hydrogen-bond acceptors (Lipinski definition) is 4. The number of nitrogens with one attached hydrogen (secondary N) is 2. The predicted molar refractivity (Wildman–Crippen MR) is 136 cm³/mol. The number of halogens is 1. The molecule has 2 rings (SSSR count). The molecule has 166 valence electrons. The molecule has 1 unspecified atom stereocenters. The van der Waals surface area contributed by atoms with Gasteiger partial charge < -0.3 is 25.4 Å². The molecule has 2 aromatic carbocycles. The van der Waals surface area contributed by atoms with Crippen LogP contribution in [0.4, 0.5) is 5.69 Å². The van der Waals surface area contributed by atoms with Crippen molar-refractivity contribution in [3.05, 3.63) is 59.7 Å².